The molecule has 1 aliphatic carbocycles. The van der Waals surface area contributed by atoms with Crippen LogP contribution in [0, 0.1) is 0 Å². The molecule has 1 aromatic carbocycles. The Labute approximate surface area is 96.7 Å². The van der Waals surface area contributed by atoms with Gasteiger partial charge >= 0.3 is 0 Å². The van der Waals surface area contributed by atoms with Gasteiger partial charge in [0, 0.05) is 18.8 Å². The quantitative estimate of drug-likeness (QED) is 0.676. The Morgan fingerprint density at radius 2 is 1.94 bits per heavy atom. The van der Waals surface area contributed by atoms with E-state index in [1.165, 1.54) is 0 Å². The lowest BCUT2D eigenvalue weighted by atomic mass is 10.0. The zero-order valence-electron chi connectivity index (χ0n) is 9.58. The highest BCUT2D eigenvalue weighted by molar-refractivity contribution is 5.46. The monoisotopic (exact) mass is 220 g/mol. The van der Waals surface area contributed by atoms with Crippen LogP contribution in [0.5, 0.6) is 0 Å². The Morgan fingerprint density at radius 3 is 2.62 bits per heavy atom. The minimum absolute atomic E-state index is 0.483. The second kappa shape index (κ2) is 4.85. The molecule has 0 atom stereocenters. The SMILES string of the molecule is Nc1ccccc1CNCC1(O)CCCC1. The average Bonchev–Trinajstić information content (AvgIpc) is 2.68. The average molecular weight is 220 g/mol. The molecule has 1 aromatic rings. The first-order chi connectivity index (χ1) is 7.70. The Balaban J connectivity index is 1.82. The lowest BCUT2D eigenvalue weighted by Crippen LogP contribution is -2.37. The standard InChI is InChI=1S/C13H20N2O/c14-12-6-2-1-5-11(12)9-15-10-13(16)7-3-4-8-13/h1-2,5-6,15-16H,3-4,7-10,14H2. The van der Waals surface area contributed by atoms with Crippen LogP contribution in [0.1, 0.15) is 31.2 Å². The molecule has 0 aromatic heterocycles. The largest absolute Gasteiger partial charge is 0.398 e. The maximum Gasteiger partial charge on any atom is 0.0771 e. The molecule has 0 heterocycles. The van der Waals surface area contributed by atoms with E-state index < -0.39 is 5.60 Å². The van der Waals surface area contributed by atoms with E-state index in [9.17, 15) is 5.11 Å². The highest BCUT2D eigenvalue weighted by Gasteiger charge is 2.30. The fraction of sp³-hybridized carbons (Fsp3) is 0.538. The Hall–Kier alpha value is -1.06. The fourth-order valence-corrected chi connectivity index (χ4v) is 2.33. The maximum absolute atomic E-state index is 10.1. The van der Waals surface area contributed by atoms with E-state index in [-0.39, 0.29) is 0 Å². The molecule has 88 valence electrons. The molecule has 0 spiro atoms. The van der Waals surface area contributed by atoms with Gasteiger partial charge in [0.15, 0.2) is 0 Å². The summed E-state index contributed by atoms with van der Waals surface area (Å²) in [6.45, 7) is 1.40. The highest BCUT2D eigenvalue weighted by atomic mass is 16.3. The van der Waals surface area contributed by atoms with Crippen LogP contribution in [-0.4, -0.2) is 17.3 Å². The Morgan fingerprint density at radius 1 is 1.25 bits per heavy atom. The third-order valence-electron chi connectivity index (χ3n) is 3.36. The van der Waals surface area contributed by atoms with E-state index in [2.05, 4.69) is 5.32 Å². The molecule has 1 fully saturated rings. The molecule has 0 saturated heterocycles. The summed E-state index contributed by atoms with van der Waals surface area (Å²) in [5.74, 6) is 0. The first kappa shape index (κ1) is 11.4. The van der Waals surface area contributed by atoms with E-state index in [1.54, 1.807) is 0 Å². The van der Waals surface area contributed by atoms with Crippen molar-refractivity contribution in [1.29, 1.82) is 0 Å². The van der Waals surface area contributed by atoms with Crippen LogP contribution in [-0.2, 0) is 6.54 Å². The maximum atomic E-state index is 10.1. The number of para-hydroxylation sites is 1. The van der Waals surface area contributed by atoms with Gasteiger partial charge in [0.05, 0.1) is 5.60 Å². The molecule has 1 aliphatic rings. The summed E-state index contributed by atoms with van der Waals surface area (Å²) in [7, 11) is 0. The molecular weight excluding hydrogens is 200 g/mol. The number of nitrogen functional groups attached to an aromatic ring is 1. The van der Waals surface area contributed by atoms with Gasteiger partial charge < -0.3 is 16.2 Å². The van der Waals surface area contributed by atoms with E-state index >= 15 is 0 Å². The second-order valence-electron chi connectivity index (χ2n) is 4.73. The normalized spacial score (nSPS) is 18.8. The zero-order chi connectivity index (χ0) is 11.4. The minimum Gasteiger partial charge on any atom is -0.398 e. The van der Waals surface area contributed by atoms with Crippen molar-refractivity contribution < 1.29 is 5.11 Å². The number of nitrogens with two attached hydrogens (primary N) is 1. The van der Waals surface area contributed by atoms with Crippen molar-refractivity contribution in [3.8, 4) is 0 Å². The van der Waals surface area contributed by atoms with Crippen molar-refractivity contribution in [1.82, 2.24) is 5.32 Å². The van der Waals surface area contributed by atoms with Gasteiger partial charge in [-0.2, -0.15) is 0 Å². The second-order valence-corrected chi connectivity index (χ2v) is 4.73. The lowest BCUT2D eigenvalue weighted by molar-refractivity contribution is 0.0475. The predicted octanol–water partition coefficient (Wildman–Crippen LogP) is 1.66. The molecule has 0 amide bonds. The van der Waals surface area contributed by atoms with Gasteiger partial charge in [0.1, 0.15) is 0 Å². The summed E-state index contributed by atoms with van der Waals surface area (Å²) >= 11 is 0. The number of benzene rings is 1. The summed E-state index contributed by atoms with van der Waals surface area (Å²) < 4.78 is 0. The lowest BCUT2D eigenvalue weighted by Gasteiger charge is -2.22. The van der Waals surface area contributed by atoms with Crippen molar-refractivity contribution in [3.63, 3.8) is 0 Å². The van der Waals surface area contributed by atoms with Crippen LogP contribution in [0.15, 0.2) is 24.3 Å². The number of anilines is 1. The van der Waals surface area contributed by atoms with Gasteiger partial charge in [-0.3, -0.25) is 0 Å². The van der Waals surface area contributed by atoms with Gasteiger partial charge in [-0.05, 0) is 24.5 Å². The van der Waals surface area contributed by atoms with E-state index in [0.717, 1.165) is 43.5 Å². The summed E-state index contributed by atoms with van der Waals surface area (Å²) in [6.07, 6.45) is 4.13. The van der Waals surface area contributed by atoms with Crippen LogP contribution in [0.4, 0.5) is 5.69 Å². The van der Waals surface area contributed by atoms with Gasteiger partial charge in [-0.1, -0.05) is 31.0 Å². The summed E-state index contributed by atoms with van der Waals surface area (Å²) in [5.41, 5.74) is 7.28. The Kier molecular flexibility index (Phi) is 3.46. The first-order valence-corrected chi connectivity index (χ1v) is 5.96. The molecule has 2 rings (SSSR count). The third kappa shape index (κ3) is 2.74. The summed E-state index contributed by atoms with van der Waals surface area (Å²) in [4.78, 5) is 0. The smallest absolute Gasteiger partial charge is 0.0771 e. The van der Waals surface area contributed by atoms with Crippen molar-refractivity contribution in [2.24, 2.45) is 0 Å². The predicted molar refractivity (Wildman–Crippen MR) is 66.0 cm³/mol. The number of hydrogen-bond acceptors (Lipinski definition) is 3. The van der Waals surface area contributed by atoms with E-state index in [4.69, 9.17) is 5.73 Å². The summed E-state index contributed by atoms with van der Waals surface area (Å²) in [6, 6.07) is 7.84. The van der Waals surface area contributed by atoms with Gasteiger partial charge in [-0.25, -0.2) is 0 Å². The molecule has 3 nitrogen and oxygen atoms in total. The number of nitrogens with one attached hydrogen (secondary N) is 1. The van der Waals surface area contributed by atoms with Crippen LogP contribution >= 0.6 is 0 Å². The molecule has 0 bridgehead atoms. The molecule has 3 heteroatoms. The molecule has 0 aliphatic heterocycles. The van der Waals surface area contributed by atoms with Crippen LogP contribution in [0.2, 0.25) is 0 Å². The fourth-order valence-electron chi connectivity index (χ4n) is 2.33. The van der Waals surface area contributed by atoms with Crippen LogP contribution in [0.3, 0.4) is 0 Å². The number of hydrogen-bond donors (Lipinski definition) is 3. The number of aliphatic hydroxyl groups is 1. The van der Waals surface area contributed by atoms with Crippen molar-refractivity contribution in [2.75, 3.05) is 12.3 Å². The summed E-state index contributed by atoms with van der Waals surface area (Å²) in [5, 5.41) is 13.4. The van der Waals surface area contributed by atoms with Crippen molar-refractivity contribution >= 4 is 5.69 Å². The molecule has 0 radical (unpaired) electrons. The minimum atomic E-state index is -0.483. The van der Waals surface area contributed by atoms with Gasteiger partial charge in [-0.15, -0.1) is 0 Å². The van der Waals surface area contributed by atoms with Gasteiger partial charge in [0.25, 0.3) is 0 Å². The number of rotatable bonds is 4. The molecule has 16 heavy (non-hydrogen) atoms. The van der Waals surface area contributed by atoms with Crippen molar-refractivity contribution in [3.05, 3.63) is 29.8 Å². The zero-order valence-corrected chi connectivity index (χ0v) is 9.58. The highest BCUT2D eigenvalue weighted by Crippen LogP contribution is 2.28. The van der Waals surface area contributed by atoms with Crippen LogP contribution in [0.25, 0.3) is 0 Å². The van der Waals surface area contributed by atoms with E-state index in [1.807, 2.05) is 24.3 Å². The molecular formula is C13H20N2O. The molecule has 4 N–H and O–H groups in total. The Bertz CT molecular complexity index is 346. The van der Waals surface area contributed by atoms with Crippen LogP contribution < -0.4 is 11.1 Å². The topological polar surface area (TPSA) is 58.3 Å². The first-order valence-electron chi connectivity index (χ1n) is 5.96. The third-order valence-corrected chi connectivity index (χ3v) is 3.36. The molecule has 1 saturated carbocycles. The van der Waals surface area contributed by atoms with Crippen molar-refractivity contribution in [2.45, 2.75) is 37.8 Å². The van der Waals surface area contributed by atoms with E-state index in [0.29, 0.717) is 6.54 Å². The molecule has 0 unspecified atom stereocenters. The van der Waals surface area contributed by atoms with Gasteiger partial charge in [0.2, 0.25) is 0 Å².